The van der Waals surface area contributed by atoms with Gasteiger partial charge in [0.2, 0.25) is 0 Å². The van der Waals surface area contributed by atoms with Crippen LogP contribution in [0.4, 0.5) is 5.82 Å². The van der Waals surface area contributed by atoms with Crippen LogP contribution in [0.3, 0.4) is 0 Å². The van der Waals surface area contributed by atoms with E-state index >= 15 is 0 Å². The predicted octanol–water partition coefficient (Wildman–Crippen LogP) is 3.41. The van der Waals surface area contributed by atoms with Gasteiger partial charge in [-0.15, -0.1) is 0 Å². The number of nitrogens with zero attached hydrogens (tertiary/aromatic N) is 3. The van der Waals surface area contributed by atoms with Crippen molar-refractivity contribution in [2.75, 3.05) is 24.2 Å². The van der Waals surface area contributed by atoms with Gasteiger partial charge in [-0.3, -0.25) is 0 Å². The quantitative estimate of drug-likeness (QED) is 0.796. The summed E-state index contributed by atoms with van der Waals surface area (Å²) in [4.78, 5) is 10.9. The van der Waals surface area contributed by atoms with E-state index in [0.717, 1.165) is 36.1 Å². The Kier molecular flexibility index (Phi) is 5.13. The molecule has 18 heavy (non-hydrogen) atoms. The lowest BCUT2D eigenvalue weighted by molar-refractivity contribution is 0.745. The van der Waals surface area contributed by atoms with E-state index in [0.29, 0.717) is 5.15 Å². The van der Waals surface area contributed by atoms with Crippen molar-refractivity contribution < 1.29 is 0 Å². The maximum atomic E-state index is 6.16. The van der Waals surface area contributed by atoms with Gasteiger partial charge in [0.25, 0.3) is 0 Å². The van der Waals surface area contributed by atoms with E-state index in [1.807, 2.05) is 11.8 Å². The van der Waals surface area contributed by atoms with Crippen LogP contribution in [0.2, 0.25) is 5.15 Å². The maximum Gasteiger partial charge on any atom is 0.137 e. The second-order valence-electron chi connectivity index (χ2n) is 4.60. The SMILES string of the molecule is CCc1c(Cl)ncnc1N1CCCC(SC)CC1. The molecule has 1 aliphatic rings. The molecule has 1 unspecified atom stereocenters. The number of hydrogen-bond donors (Lipinski definition) is 0. The zero-order valence-corrected chi connectivity index (χ0v) is 12.6. The third-order valence-electron chi connectivity index (χ3n) is 3.53. The van der Waals surface area contributed by atoms with Crippen molar-refractivity contribution in [1.29, 1.82) is 0 Å². The first-order valence-electron chi connectivity index (χ1n) is 6.53. The monoisotopic (exact) mass is 285 g/mol. The molecule has 0 bridgehead atoms. The topological polar surface area (TPSA) is 29.0 Å². The maximum absolute atomic E-state index is 6.16. The molecule has 1 atom stereocenters. The van der Waals surface area contributed by atoms with Crippen LogP contribution in [0.15, 0.2) is 6.33 Å². The van der Waals surface area contributed by atoms with Crippen LogP contribution in [0.25, 0.3) is 0 Å². The standard InChI is InChI=1S/C13H20ClN3S/c1-3-11-12(14)15-9-16-13(11)17-7-4-5-10(18-2)6-8-17/h9-10H,3-8H2,1-2H3. The summed E-state index contributed by atoms with van der Waals surface area (Å²) in [5.41, 5.74) is 1.08. The van der Waals surface area contributed by atoms with Crippen molar-refractivity contribution >= 4 is 29.2 Å². The van der Waals surface area contributed by atoms with E-state index in [1.54, 1.807) is 6.33 Å². The molecule has 1 aliphatic heterocycles. The van der Waals surface area contributed by atoms with E-state index in [-0.39, 0.29) is 0 Å². The van der Waals surface area contributed by atoms with E-state index in [4.69, 9.17) is 11.6 Å². The minimum absolute atomic E-state index is 0.605. The smallest absolute Gasteiger partial charge is 0.137 e. The fraction of sp³-hybridized carbons (Fsp3) is 0.692. The molecule has 0 spiro atoms. The van der Waals surface area contributed by atoms with Crippen LogP contribution < -0.4 is 4.90 Å². The molecule has 0 aliphatic carbocycles. The number of rotatable bonds is 3. The van der Waals surface area contributed by atoms with E-state index in [2.05, 4.69) is 28.0 Å². The van der Waals surface area contributed by atoms with Crippen molar-refractivity contribution in [3.8, 4) is 0 Å². The van der Waals surface area contributed by atoms with Crippen molar-refractivity contribution in [2.24, 2.45) is 0 Å². The number of anilines is 1. The normalized spacial score (nSPS) is 20.8. The number of thioether (sulfide) groups is 1. The Labute approximate surface area is 118 Å². The molecule has 5 heteroatoms. The summed E-state index contributed by atoms with van der Waals surface area (Å²) in [5.74, 6) is 1.04. The molecule has 0 radical (unpaired) electrons. The largest absolute Gasteiger partial charge is 0.356 e. The fourth-order valence-corrected chi connectivity index (χ4v) is 3.48. The molecule has 1 aromatic heterocycles. The first-order chi connectivity index (χ1) is 8.76. The van der Waals surface area contributed by atoms with E-state index in [9.17, 15) is 0 Å². The highest BCUT2D eigenvalue weighted by atomic mass is 35.5. The predicted molar refractivity (Wildman–Crippen MR) is 79.8 cm³/mol. The van der Waals surface area contributed by atoms with E-state index < -0.39 is 0 Å². The van der Waals surface area contributed by atoms with Crippen molar-refractivity contribution in [2.45, 2.75) is 37.9 Å². The van der Waals surface area contributed by atoms with Crippen LogP contribution in [-0.4, -0.2) is 34.6 Å². The van der Waals surface area contributed by atoms with Crippen molar-refractivity contribution in [3.63, 3.8) is 0 Å². The second-order valence-corrected chi connectivity index (χ2v) is 6.09. The van der Waals surface area contributed by atoms with Crippen molar-refractivity contribution in [3.05, 3.63) is 17.0 Å². The summed E-state index contributed by atoms with van der Waals surface area (Å²) in [5, 5.41) is 1.39. The lowest BCUT2D eigenvalue weighted by atomic mass is 10.2. The minimum atomic E-state index is 0.605. The van der Waals surface area contributed by atoms with Gasteiger partial charge < -0.3 is 4.90 Å². The summed E-state index contributed by atoms with van der Waals surface area (Å²) in [7, 11) is 0. The number of hydrogen-bond acceptors (Lipinski definition) is 4. The second kappa shape index (κ2) is 6.62. The minimum Gasteiger partial charge on any atom is -0.356 e. The molecular formula is C13H20ClN3S. The lowest BCUT2D eigenvalue weighted by Crippen LogP contribution is -2.26. The molecule has 1 fully saturated rings. The molecular weight excluding hydrogens is 266 g/mol. The van der Waals surface area contributed by atoms with Crippen LogP contribution in [0.1, 0.15) is 31.7 Å². The highest BCUT2D eigenvalue weighted by Crippen LogP contribution is 2.28. The van der Waals surface area contributed by atoms with Gasteiger partial charge in [0.1, 0.15) is 17.3 Å². The Morgan fingerprint density at radius 2 is 2.22 bits per heavy atom. The zero-order chi connectivity index (χ0) is 13.0. The van der Waals surface area contributed by atoms with Gasteiger partial charge in [-0.1, -0.05) is 18.5 Å². The molecule has 0 aromatic carbocycles. The van der Waals surface area contributed by atoms with Gasteiger partial charge in [0.15, 0.2) is 0 Å². The molecule has 2 heterocycles. The van der Waals surface area contributed by atoms with Gasteiger partial charge in [-0.05, 0) is 31.9 Å². The first kappa shape index (κ1) is 13.9. The average molecular weight is 286 g/mol. The van der Waals surface area contributed by atoms with Gasteiger partial charge in [0.05, 0.1) is 0 Å². The van der Waals surface area contributed by atoms with Crippen LogP contribution in [0.5, 0.6) is 0 Å². The summed E-state index contributed by atoms with van der Waals surface area (Å²) in [6, 6.07) is 0. The molecule has 1 aromatic rings. The third-order valence-corrected chi connectivity index (χ3v) is 5.00. The Morgan fingerprint density at radius 3 is 2.94 bits per heavy atom. The molecule has 1 saturated heterocycles. The molecule has 0 amide bonds. The summed E-state index contributed by atoms with van der Waals surface area (Å²) in [6.07, 6.45) is 8.44. The highest BCUT2D eigenvalue weighted by Gasteiger charge is 2.20. The zero-order valence-electron chi connectivity index (χ0n) is 11.0. The van der Waals surface area contributed by atoms with E-state index in [1.165, 1.54) is 19.3 Å². The van der Waals surface area contributed by atoms with Gasteiger partial charge >= 0.3 is 0 Å². The Hall–Kier alpha value is -0.480. The fourth-order valence-electron chi connectivity index (χ4n) is 2.47. The lowest BCUT2D eigenvalue weighted by Gasteiger charge is -2.24. The van der Waals surface area contributed by atoms with Crippen LogP contribution in [0, 0.1) is 0 Å². The molecule has 100 valence electrons. The Balaban J connectivity index is 2.18. The first-order valence-corrected chi connectivity index (χ1v) is 8.20. The number of aromatic nitrogens is 2. The molecule has 0 N–H and O–H groups in total. The number of halogens is 1. The summed E-state index contributed by atoms with van der Waals surface area (Å²) >= 11 is 8.15. The summed E-state index contributed by atoms with van der Waals surface area (Å²) < 4.78 is 0. The summed E-state index contributed by atoms with van der Waals surface area (Å²) in [6.45, 7) is 4.26. The van der Waals surface area contributed by atoms with Gasteiger partial charge in [-0.25, -0.2) is 9.97 Å². The molecule has 0 saturated carbocycles. The average Bonchev–Trinajstić information content (AvgIpc) is 2.63. The van der Waals surface area contributed by atoms with Crippen LogP contribution in [-0.2, 0) is 6.42 Å². The Morgan fingerprint density at radius 1 is 1.39 bits per heavy atom. The van der Waals surface area contributed by atoms with Crippen molar-refractivity contribution in [1.82, 2.24) is 9.97 Å². The third kappa shape index (κ3) is 3.09. The van der Waals surface area contributed by atoms with Crippen LogP contribution >= 0.6 is 23.4 Å². The molecule has 3 nitrogen and oxygen atoms in total. The highest BCUT2D eigenvalue weighted by molar-refractivity contribution is 7.99. The molecule has 2 rings (SSSR count). The van der Waals surface area contributed by atoms with Gasteiger partial charge in [-0.2, -0.15) is 11.8 Å². The Bertz CT molecular complexity index is 400. The van der Waals surface area contributed by atoms with Gasteiger partial charge in [0, 0.05) is 23.9 Å².